The van der Waals surface area contributed by atoms with Crippen LogP contribution in [-0.4, -0.2) is 57.3 Å². The Balaban J connectivity index is 1.56. The summed E-state index contributed by atoms with van der Waals surface area (Å²) in [7, 11) is 1.73. The van der Waals surface area contributed by atoms with Crippen molar-refractivity contribution in [1.29, 1.82) is 0 Å². The van der Waals surface area contributed by atoms with Crippen LogP contribution in [0.25, 0.3) is 0 Å². The van der Waals surface area contributed by atoms with Crippen molar-refractivity contribution in [1.82, 2.24) is 15.6 Å². The minimum Gasteiger partial charge on any atom is -0.384 e. The minimum atomic E-state index is -0.0506. The molecule has 2 N–H and O–H groups in total. The molecule has 0 bridgehead atoms. The highest BCUT2D eigenvalue weighted by atomic mass is 16.5. The number of carbonyl (C=O) groups excluding carboxylic acids is 1. The van der Waals surface area contributed by atoms with Crippen molar-refractivity contribution in [3.8, 4) is 0 Å². The van der Waals surface area contributed by atoms with Crippen LogP contribution in [0.4, 0.5) is 5.82 Å². The largest absolute Gasteiger partial charge is 0.384 e. The summed E-state index contributed by atoms with van der Waals surface area (Å²) < 4.78 is 5.42. The van der Waals surface area contributed by atoms with Crippen LogP contribution < -0.4 is 15.5 Å². The van der Waals surface area contributed by atoms with Crippen molar-refractivity contribution in [2.45, 2.75) is 32.6 Å². The van der Waals surface area contributed by atoms with Gasteiger partial charge in [-0.2, -0.15) is 0 Å². The lowest BCUT2D eigenvalue weighted by atomic mass is 9.79. The molecule has 0 aromatic carbocycles. The summed E-state index contributed by atoms with van der Waals surface area (Å²) in [6.07, 6.45) is 6.16. The molecule has 0 spiro atoms. The maximum atomic E-state index is 12.5. The molecule has 2 fully saturated rings. The van der Waals surface area contributed by atoms with Crippen LogP contribution in [-0.2, 0) is 4.74 Å². The Morgan fingerprint density at radius 1 is 1.35 bits per heavy atom. The molecule has 26 heavy (non-hydrogen) atoms. The van der Waals surface area contributed by atoms with Crippen molar-refractivity contribution in [2.75, 3.05) is 51.3 Å². The topological polar surface area (TPSA) is 66.5 Å². The first-order chi connectivity index (χ1) is 12.6. The second-order valence-electron chi connectivity index (χ2n) is 7.94. The Kier molecular flexibility index (Phi) is 6.48. The molecule has 0 atom stereocenters. The number of amides is 1. The van der Waals surface area contributed by atoms with E-state index in [9.17, 15) is 4.79 Å². The van der Waals surface area contributed by atoms with Crippen molar-refractivity contribution in [2.24, 2.45) is 11.3 Å². The fraction of sp³-hybridized carbons (Fsp3) is 0.700. The summed E-state index contributed by atoms with van der Waals surface area (Å²) in [5.41, 5.74) is 0.661. The van der Waals surface area contributed by atoms with Crippen LogP contribution in [0.2, 0.25) is 0 Å². The molecule has 2 aliphatic heterocycles. The maximum Gasteiger partial charge on any atom is 0.252 e. The van der Waals surface area contributed by atoms with Crippen LogP contribution >= 0.6 is 0 Å². The van der Waals surface area contributed by atoms with Crippen LogP contribution in [0, 0.1) is 11.3 Å². The monoisotopic (exact) mass is 360 g/mol. The van der Waals surface area contributed by atoms with E-state index in [1.807, 2.05) is 12.1 Å². The number of nitrogens with zero attached hydrogens (tertiary/aromatic N) is 2. The quantitative estimate of drug-likeness (QED) is 0.813. The van der Waals surface area contributed by atoms with Gasteiger partial charge in [0, 0.05) is 38.4 Å². The van der Waals surface area contributed by atoms with Crippen molar-refractivity contribution in [3.63, 3.8) is 0 Å². The molecule has 144 valence electrons. The fourth-order valence-corrected chi connectivity index (χ4v) is 3.95. The molecule has 0 saturated carbocycles. The number of hydrogen-bond acceptors (Lipinski definition) is 5. The highest BCUT2D eigenvalue weighted by Crippen LogP contribution is 2.28. The van der Waals surface area contributed by atoms with E-state index in [2.05, 4.69) is 27.4 Å². The van der Waals surface area contributed by atoms with Crippen LogP contribution in [0.15, 0.2) is 18.3 Å². The van der Waals surface area contributed by atoms with E-state index >= 15 is 0 Å². The van der Waals surface area contributed by atoms with E-state index in [0.717, 1.165) is 50.8 Å². The van der Waals surface area contributed by atoms with Gasteiger partial charge in [-0.3, -0.25) is 4.79 Å². The average Bonchev–Trinajstić information content (AvgIpc) is 2.68. The molecule has 0 aliphatic carbocycles. The molecular weight excluding hydrogens is 328 g/mol. The van der Waals surface area contributed by atoms with Gasteiger partial charge >= 0.3 is 0 Å². The zero-order valence-electron chi connectivity index (χ0n) is 16.1. The lowest BCUT2D eigenvalue weighted by molar-refractivity contribution is 0.0511. The zero-order chi connectivity index (χ0) is 18.4. The molecular formula is C20H32N4O2. The molecule has 1 aromatic rings. The van der Waals surface area contributed by atoms with Gasteiger partial charge in [0.25, 0.3) is 5.91 Å². The lowest BCUT2D eigenvalue weighted by Crippen LogP contribution is -2.47. The second-order valence-corrected chi connectivity index (χ2v) is 7.94. The third kappa shape index (κ3) is 4.74. The Labute approximate surface area is 156 Å². The first-order valence-electron chi connectivity index (χ1n) is 9.81. The van der Waals surface area contributed by atoms with E-state index in [4.69, 9.17) is 4.74 Å². The summed E-state index contributed by atoms with van der Waals surface area (Å²) >= 11 is 0. The normalized spacial score (nSPS) is 20.8. The molecule has 3 heterocycles. The van der Waals surface area contributed by atoms with Gasteiger partial charge in [-0.25, -0.2) is 4.98 Å². The van der Waals surface area contributed by atoms with Gasteiger partial charge in [0.15, 0.2) is 0 Å². The smallest absolute Gasteiger partial charge is 0.252 e. The Bertz CT molecular complexity index is 570. The van der Waals surface area contributed by atoms with Gasteiger partial charge in [-0.05, 0) is 56.8 Å². The van der Waals surface area contributed by atoms with Gasteiger partial charge in [0.05, 0.1) is 12.2 Å². The van der Waals surface area contributed by atoms with Crippen molar-refractivity contribution >= 4 is 11.7 Å². The molecule has 1 amide bonds. The van der Waals surface area contributed by atoms with Crippen molar-refractivity contribution in [3.05, 3.63) is 23.9 Å². The molecule has 1 aromatic heterocycles. The van der Waals surface area contributed by atoms with Gasteiger partial charge in [0.2, 0.25) is 0 Å². The van der Waals surface area contributed by atoms with Gasteiger partial charge in [-0.15, -0.1) is 0 Å². The summed E-state index contributed by atoms with van der Waals surface area (Å²) in [5.74, 6) is 1.72. The van der Waals surface area contributed by atoms with E-state index in [1.54, 1.807) is 13.3 Å². The van der Waals surface area contributed by atoms with Crippen LogP contribution in [0.3, 0.4) is 0 Å². The predicted molar refractivity (Wildman–Crippen MR) is 104 cm³/mol. The average molecular weight is 361 g/mol. The number of nitrogens with one attached hydrogen (secondary N) is 2. The Morgan fingerprint density at radius 3 is 2.69 bits per heavy atom. The highest BCUT2D eigenvalue weighted by molar-refractivity contribution is 5.94. The number of anilines is 1. The third-order valence-corrected chi connectivity index (χ3v) is 5.86. The molecule has 2 saturated heterocycles. The Morgan fingerprint density at radius 2 is 2.08 bits per heavy atom. The first-order valence-corrected chi connectivity index (χ1v) is 9.81. The Hall–Kier alpha value is -1.66. The number of piperidine rings is 2. The van der Waals surface area contributed by atoms with Gasteiger partial charge in [-0.1, -0.05) is 6.92 Å². The number of methoxy groups -OCH3 is 1. The molecule has 2 aliphatic rings. The first kappa shape index (κ1) is 19.1. The van der Waals surface area contributed by atoms with Gasteiger partial charge < -0.3 is 20.3 Å². The SMILES string of the molecule is COCC1(CNC(=O)c2ccc(N3CCC(C)CC3)nc2)CCNCC1. The maximum absolute atomic E-state index is 12.5. The number of aromatic nitrogens is 1. The number of rotatable bonds is 6. The summed E-state index contributed by atoms with van der Waals surface area (Å²) in [6.45, 7) is 7.68. The van der Waals surface area contributed by atoms with E-state index in [-0.39, 0.29) is 11.3 Å². The fourth-order valence-electron chi connectivity index (χ4n) is 3.95. The summed E-state index contributed by atoms with van der Waals surface area (Å²) in [6, 6.07) is 3.86. The number of carbonyl (C=O) groups is 1. The van der Waals surface area contributed by atoms with Gasteiger partial charge in [0.1, 0.15) is 5.82 Å². The number of ether oxygens (including phenoxy) is 1. The lowest BCUT2D eigenvalue weighted by Gasteiger charge is -2.37. The summed E-state index contributed by atoms with van der Waals surface area (Å²) in [4.78, 5) is 19.4. The van der Waals surface area contributed by atoms with E-state index < -0.39 is 0 Å². The van der Waals surface area contributed by atoms with Crippen LogP contribution in [0.1, 0.15) is 43.0 Å². The molecule has 6 nitrogen and oxygen atoms in total. The standard InChI is InChI=1S/C20H32N4O2/c1-16-5-11-24(12-6-16)18-4-3-17(13-22-18)19(25)23-14-20(15-26-2)7-9-21-10-8-20/h3-4,13,16,21H,5-12,14-15H2,1-2H3,(H,23,25). The second kappa shape index (κ2) is 8.82. The molecule has 0 unspecified atom stereocenters. The molecule has 6 heteroatoms. The number of pyridine rings is 1. The van der Waals surface area contributed by atoms with Crippen LogP contribution in [0.5, 0.6) is 0 Å². The van der Waals surface area contributed by atoms with E-state index in [1.165, 1.54) is 12.8 Å². The highest BCUT2D eigenvalue weighted by Gasteiger charge is 2.32. The molecule has 3 rings (SSSR count). The minimum absolute atomic E-state index is 0.0352. The van der Waals surface area contributed by atoms with E-state index in [0.29, 0.717) is 18.7 Å². The van der Waals surface area contributed by atoms with Crippen molar-refractivity contribution < 1.29 is 9.53 Å². The molecule has 0 radical (unpaired) electrons. The summed E-state index contributed by atoms with van der Waals surface area (Å²) in [5, 5.41) is 6.47. The zero-order valence-corrected chi connectivity index (χ0v) is 16.1. The third-order valence-electron chi connectivity index (χ3n) is 5.86. The number of hydrogen-bond donors (Lipinski definition) is 2. The predicted octanol–water partition coefficient (Wildman–Crippen LogP) is 2.06.